The molecule has 0 aliphatic heterocycles. The topological polar surface area (TPSA) is 66.4 Å². The second kappa shape index (κ2) is 6.34. The summed E-state index contributed by atoms with van der Waals surface area (Å²) in [6, 6.07) is 5.73. The number of carbonyl (C=O) groups is 2. The summed E-state index contributed by atoms with van der Waals surface area (Å²) in [7, 11) is 0. The first kappa shape index (κ1) is 16.3. The molecule has 0 unspecified atom stereocenters. The zero-order valence-corrected chi connectivity index (χ0v) is 13.6. The lowest BCUT2D eigenvalue weighted by atomic mass is 9.76. The number of amides is 1. The van der Waals surface area contributed by atoms with E-state index in [-0.39, 0.29) is 5.91 Å². The number of benzene rings is 1. The van der Waals surface area contributed by atoms with Crippen LogP contribution in [0.4, 0.5) is 5.69 Å². The predicted molar refractivity (Wildman–Crippen MR) is 86.8 cm³/mol. The number of carboxylic acid groups (broad SMARTS) is 1. The van der Waals surface area contributed by atoms with Crippen LogP contribution in [0.25, 0.3) is 0 Å². The average Bonchev–Trinajstić information content (AvgIpc) is 2.46. The van der Waals surface area contributed by atoms with Gasteiger partial charge >= 0.3 is 5.97 Å². The van der Waals surface area contributed by atoms with Gasteiger partial charge in [-0.3, -0.25) is 9.59 Å². The van der Waals surface area contributed by atoms with Crippen LogP contribution in [0.3, 0.4) is 0 Å². The van der Waals surface area contributed by atoms with Gasteiger partial charge < -0.3 is 10.4 Å². The average molecular weight is 301 g/mol. The van der Waals surface area contributed by atoms with Crippen LogP contribution < -0.4 is 5.32 Å². The fourth-order valence-corrected chi connectivity index (χ4v) is 2.94. The Morgan fingerprint density at radius 1 is 1.05 bits per heavy atom. The Labute approximate surface area is 131 Å². The van der Waals surface area contributed by atoms with Gasteiger partial charge in [0.1, 0.15) is 0 Å². The summed E-state index contributed by atoms with van der Waals surface area (Å²) >= 11 is 0. The minimum atomic E-state index is -0.895. The molecule has 0 spiro atoms. The maximum absolute atomic E-state index is 12.6. The van der Waals surface area contributed by atoms with E-state index < -0.39 is 17.8 Å². The van der Waals surface area contributed by atoms with Crippen LogP contribution in [0.15, 0.2) is 29.3 Å². The molecule has 2 atom stereocenters. The standard InChI is InChI=1S/C18H23NO3/c1-10-6-5-7-16(13(10)4)19-17(20)14-8-11(2)12(3)9-15(14)18(21)22/h5-7,14-15H,8-9H2,1-4H3,(H,19,20)(H,21,22)/t14-,15+/m0/s1. The second-order valence-corrected chi connectivity index (χ2v) is 6.26. The predicted octanol–water partition coefficient (Wildman–Crippen LogP) is 3.69. The first-order valence-corrected chi connectivity index (χ1v) is 7.56. The zero-order valence-electron chi connectivity index (χ0n) is 13.6. The molecule has 118 valence electrons. The molecule has 2 rings (SSSR count). The first-order valence-electron chi connectivity index (χ1n) is 7.56. The Morgan fingerprint density at radius 3 is 2.23 bits per heavy atom. The third kappa shape index (κ3) is 3.21. The third-order valence-corrected chi connectivity index (χ3v) is 4.78. The Hall–Kier alpha value is -2.10. The molecule has 22 heavy (non-hydrogen) atoms. The summed E-state index contributed by atoms with van der Waals surface area (Å²) in [5.41, 5.74) is 5.09. The van der Waals surface area contributed by atoms with Crippen LogP contribution in [-0.2, 0) is 9.59 Å². The van der Waals surface area contributed by atoms with Crippen molar-refractivity contribution in [3.05, 3.63) is 40.5 Å². The Morgan fingerprint density at radius 2 is 1.64 bits per heavy atom. The Bertz CT molecular complexity index is 646. The minimum absolute atomic E-state index is 0.201. The summed E-state index contributed by atoms with van der Waals surface area (Å²) in [5, 5.41) is 12.3. The van der Waals surface area contributed by atoms with Crippen LogP contribution in [0, 0.1) is 25.7 Å². The molecular formula is C18H23NO3. The monoisotopic (exact) mass is 301 g/mol. The van der Waals surface area contributed by atoms with E-state index >= 15 is 0 Å². The maximum Gasteiger partial charge on any atom is 0.307 e. The van der Waals surface area contributed by atoms with E-state index in [9.17, 15) is 14.7 Å². The molecule has 0 saturated heterocycles. The molecule has 0 saturated carbocycles. The molecule has 0 bridgehead atoms. The highest BCUT2D eigenvalue weighted by Gasteiger charge is 2.37. The van der Waals surface area contributed by atoms with E-state index in [1.54, 1.807) is 0 Å². The highest BCUT2D eigenvalue weighted by atomic mass is 16.4. The number of aliphatic carboxylic acids is 1. The highest BCUT2D eigenvalue weighted by Crippen LogP contribution is 2.35. The largest absolute Gasteiger partial charge is 0.481 e. The summed E-state index contributed by atoms with van der Waals surface area (Å²) in [4.78, 5) is 24.1. The van der Waals surface area contributed by atoms with Crippen molar-refractivity contribution >= 4 is 17.6 Å². The van der Waals surface area contributed by atoms with Gasteiger partial charge in [-0.2, -0.15) is 0 Å². The minimum Gasteiger partial charge on any atom is -0.481 e. The van der Waals surface area contributed by atoms with Crippen molar-refractivity contribution in [3.63, 3.8) is 0 Å². The van der Waals surface area contributed by atoms with E-state index in [1.165, 1.54) is 0 Å². The molecule has 1 aromatic rings. The number of nitrogens with one attached hydrogen (secondary N) is 1. The number of carbonyl (C=O) groups excluding carboxylic acids is 1. The van der Waals surface area contributed by atoms with Gasteiger partial charge in [0.2, 0.25) is 5.91 Å². The van der Waals surface area contributed by atoms with E-state index in [0.717, 1.165) is 28.0 Å². The number of allylic oxidation sites excluding steroid dienone is 2. The summed E-state index contributed by atoms with van der Waals surface area (Å²) < 4.78 is 0. The van der Waals surface area contributed by atoms with Crippen molar-refractivity contribution in [2.45, 2.75) is 40.5 Å². The lowest BCUT2D eigenvalue weighted by molar-refractivity contribution is -0.146. The molecule has 4 nitrogen and oxygen atoms in total. The van der Waals surface area contributed by atoms with Crippen LogP contribution in [0.5, 0.6) is 0 Å². The van der Waals surface area contributed by atoms with E-state index in [0.29, 0.717) is 12.8 Å². The van der Waals surface area contributed by atoms with Gasteiger partial charge in [0.05, 0.1) is 11.8 Å². The van der Waals surface area contributed by atoms with E-state index in [4.69, 9.17) is 0 Å². The lowest BCUT2D eigenvalue weighted by Gasteiger charge is -2.29. The number of hydrogen-bond acceptors (Lipinski definition) is 2. The molecule has 0 fully saturated rings. The molecule has 1 aromatic carbocycles. The van der Waals surface area contributed by atoms with Crippen molar-refractivity contribution in [2.75, 3.05) is 5.32 Å². The molecule has 0 heterocycles. The molecule has 1 aliphatic carbocycles. The molecule has 2 N–H and O–H groups in total. The fourth-order valence-electron chi connectivity index (χ4n) is 2.94. The first-order chi connectivity index (χ1) is 10.3. The van der Waals surface area contributed by atoms with Crippen molar-refractivity contribution in [2.24, 2.45) is 11.8 Å². The summed E-state index contributed by atoms with van der Waals surface area (Å²) in [6.45, 7) is 7.87. The number of rotatable bonds is 3. The number of aryl methyl sites for hydroxylation is 1. The van der Waals surface area contributed by atoms with Gasteiger partial charge in [0, 0.05) is 5.69 Å². The molecular weight excluding hydrogens is 278 g/mol. The van der Waals surface area contributed by atoms with Crippen LogP contribution in [0.2, 0.25) is 0 Å². The summed E-state index contributed by atoms with van der Waals surface area (Å²) in [5.74, 6) is -2.25. The number of anilines is 1. The van der Waals surface area contributed by atoms with Crippen molar-refractivity contribution in [3.8, 4) is 0 Å². The fraction of sp³-hybridized carbons (Fsp3) is 0.444. The smallest absolute Gasteiger partial charge is 0.307 e. The molecule has 0 aromatic heterocycles. The quantitative estimate of drug-likeness (QED) is 0.837. The summed E-state index contributed by atoms with van der Waals surface area (Å²) in [6.07, 6.45) is 0.964. The second-order valence-electron chi connectivity index (χ2n) is 6.26. The molecule has 0 radical (unpaired) electrons. The highest BCUT2D eigenvalue weighted by molar-refractivity contribution is 5.96. The van der Waals surface area contributed by atoms with Gasteiger partial charge in [-0.1, -0.05) is 23.3 Å². The molecule has 1 aliphatic rings. The third-order valence-electron chi connectivity index (χ3n) is 4.78. The lowest BCUT2D eigenvalue weighted by Crippen LogP contribution is -2.36. The number of hydrogen-bond donors (Lipinski definition) is 2. The van der Waals surface area contributed by atoms with Gasteiger partial charge in [-0.15, -0.1) is 0 Å². The molecule has 4 heteroatoms. The normalized spacial score (nSPS) is 21.6. The Kier molecular flexibility index (Phi) is 4.69. The van der Waals surface area contributed by atoms with E-state index in [2.05, 4.69) is 5.32 Å². The van der Waals surface area contributed by atoms with Gasteiger partial charge in [0.25, 0.3) is 0 Å². The zero-order chi connectivity index (χ0) is 16.4. The van der Waals surface area contributed by atoms with Crippen molar-refractivity contribution < 1.29 is 14.7 Å². The maximum atomic E-state index is 12.6. The Balaban J connectivity index is 2.24. The van der Waals surface area contributed by atoms with Crippen molar-refractivity contribution in [1.29, 1.82) is 0 Å². The van der Waals surface area contributed by atoms with Crippen LogP contribution in [0.1, 0.15) is 37.8 Å². The van der Waals surface area contributed by atoms with Crippen LogP contribution in [-0.4, -0.2) is 17.0 Å². The SMILES string of the molecule is CC1=C(C)C[C@@H](C(=O)O)[C@@H](C(=O)Nc2cccc(C)c2C)C1. The van der Waals surface area contributed by atoms with Gasteiger partial charge in [-0.05, 0) is 57.7 Å². The van der Waals surface area contributed by atoms with Gasteiger partial charge in [0.15, 0.2) is 0 Å². The van der Waals surface area contributed by atoms with E-state index in [1.807, 2.05) is 45.9 Å². The van der Waals surface area contributed by atoms with Crippen LogP contribution >= 0.6 is 0 Å². The number of carboxylic acids is 1. The molecule has 1 amide bonds. The van der Waals surface area contributed by atoms with Crippen molar-refractivity contribution in [1.82, 2.24) is 0 Å². The van der Waals surface area contributed by atoms with Gasteiger partial charge in [-0.25, -0.2) is 0 Å².